The minimum Gasteiger partial charge on any atom is -0.496 e. The number of methoxy groups -OCH3 is 1. The standard InChI is InChI=1S/C20H22O3S/c1-14(2)23-17-9-5-15(6-10-17)7-11-18(21)16-8-12-20(24-4)19(13-16)22-3/h5-14H,1-4H3. The highest BCUT2D eigenvalue weighted by atomic mass is 32.2. The van der Waals surface area contributed by atoms with E-state index < -0.39 is 0 Å². The topological polar surface area (TPSA) is 35.5 Å². The number of carbonyl (C=O) groups is 1. The van der Waals surface area contributed by atoms with Gasteiger partial charge in [-0.3, -0.25) is 4.79 Å². The first kappa shape index (κ1) is 18.1. The second-order valence-corrected chi connectivity index (χ2v) is 6.35. The molecule has 0 aromatic heterocycles. The maximum absolute atomic E-state index is 12.3. The molecule has 0 unspecified atom stereocenters. The van der Waals surface area contributed by atoms with Gasteiger partial charge in [0.2, 0.25) is 0 Å². The molecule has 0 fully saturated rings. The van der Waals surface area contributed by atoms with Crippen LogP contribution < -0.4 is 9.47 Å². The summed E-state index contributed by atoms with van der Waals surface area (Å²) < 4.78 is 10.9. The molecule has 3 nitrogen and oxygen atoms in total. The number of rotatable bonds is 7. The molecule has 2 rings (SSSR count). The van der Waals surface area contributed by atoms with Crippen LogP contribution in [0, 0.1) is 0 Å². The zero-order valence-corrected chi connectivity index (χ0v) is 15.2. The van der Waals surface area contributed by atoms with Crippen LogP contribution in [0.3, 0.4) is 0 Å². The molecule has 0 atom stereocenters. The zero-order valence-electron chi connectivity index (χ0n) is 14.4. The monoisotopic (exact) mass is 342 g/mol. The van der Waals surface area contributed by atoms with Crippen LogP contribution in [-0.2, 0) is 0 Å². The van der Waals surface area contributed by atoms with Gasteiger partial charge in [-0.15, -0.1) is 11.8 Å². The fourth-order valence-corrected chi connectivity index (χ4v) is 2.73. The molecule has 4 heteroatoms. The lowest BCUT2D eigenvalue weighted by molar-refractivity contribution is 0.104. The van der Waals surface area contributed by atoms with E-state index >= 15 is 0 Å². The van der Waals surface area contributed by atoms with Crippen molar-refractivity contribution < 1.29 is 14.3 Å². The van der Waals surface area contributed by atoms with Gasteiger partial charge in [-0.2, -0.15) is 0 Å². The van der Waals surface area contributed by atoms with Crippen LogP contribution in [0.4, 0.5) is 0 Å². The molecular formula is C20H22O3S. The van der Waals surface area contributed by atoms with Crippen molar-refractivity contribution in [3.05, 3.63) is 59.7 Å². The Bertz CT molecular complexity index is 718. The normalized spacial score (nSPS) is 11.0. The van der Waals surface area contributed by atoms with E-state index in [1.54, 1.807) is 37.1 Å². The lowest BCUT2D eigenvalue weighted by atomic mass is 10.1. The Labute approximate surface area is 147 Å². The summed E-state index contributed by atoms with van der Waals surface area (Å²) >= 11 is 1.59. The third-order valence-electron chi connectivity index (χ3n) is 3.35. The highest BCUT2D eigenvalue weighted by molar-refractivity contribution is 7.98. The number of hydrogen-bond acceptors (Lipinski definition) is 4. The minimum absolute atomic E-state index is 0.0524. The van der Waals surface area contributed by atoms with Crippen LogP contribution in [0.5, 0.6) is 11.5 Å². The first-order valence-corrected chi connectivity index (χ1v) is 8.97. The first-order chi connectivity index (χ1) is 11.5. The van der Waals surface area contributed by atoms with Gasteiger partial charge in [0.15, 0.2) is 5.78 Å². The van der Waals surface area contributed by atoms with Crippen LogP contribution in [0.25, 0.3) is 6.08 Å². The van der Waals surface area contributed by atoms with E-state index in [0.29, 0.717) is 5.56 Å². The first-order valence-electron chi connectivity index (χ1n) is 7.74. The van der Waals surface area contributed by atoms with Crippen LogP contribution in [0.2, 0.25) is 0 Å². The quantitative estimate of drug-likeness (QED) is 0.398. The number of hydrogen-bond donors (Lipinski definition) is 0. The number of benzene rings is 2. The SMILES string of the molecule is COc1cc(C(=O)C=Cc2ccc(OC(C)C)cc2)ccc1SC. The van der Waals surface area contributed by atoms with Gasteiger partial charge < -0.3 is 9.47 Å². The maximum Gasteiger partial charge on any atom is 0.185 e. The lowest BCUT2D eigenvalue weighted by Gasteiger charge is -2.09. The smallest absolute Gasteiger partial charge is 0.185 e. The van der Waals surface area contributed by atoms with Gasteiger partial charge in [0, 0.05) is 10.5 Å². The number of thioether (sulfide) groups is 1. The van der Waals surface area contributed by atoms with Crippen LogP contribution in [0.1, 0.15) is 29.8 Å². The molecular weight excluding hydrogens is 320 g/mol. The molecule has 0 heterocycles. The molecule has 0 bridgehead atoms. The summed E-state index contributed by atoms with van der Waals surface area (Å²) in [6.45, 7) is 3.98. The second-order valence-electron chi connectivity index (χ2n) is 5.50. The van der Waals surface area contributed by atoms with E-state index in [9.17, 15) is 4.79 Å². The third-order valence-corrected chi connectivity index (χ3v) is 4.12. The van der Waals surface area contributed by atoms with Gasteiger partial charge in [-0.05, 0) is 62.1 Å². The molecule has 24 heavy (non-hydrogen) atoms. The van der Waals surface area contributed by atoms with Crippen molar-refractivity contribution in [2.24, 2.45) is 0 Å². The predicted molar refractivity (Wildman–Crippen MR) is 100 cm³/mol. The lowest BCUT2D eigenvalue weighted by Crippen LogP contribution is -2.05. The van der Waals surface area contributed by atoms with Gasteiger partial charge in [0.1, 0.15) is 11.5 Å². The number of carbonyl (C=O) groups excluding carboxylic acids is 1. The third kappa shape index (κ3) is 4.90. The van der Waals surface area contributed by atoms with Crippen LogP contribution >= 0.6 is 11.8 Å². The Morgan fingerprint density at radius 1 is 1.12 bits per heavy atom. The molecule has 0 saturated carbocycles. The molecule has 2 aromatic rings. The molecule has 0 spiro atoms. The van der Waals surface area contributed by atoms with Gasteiger partial charge in [0.05, 0.1) is 13.2 Å². The van der Waals surface area contributed by atoms with E-state index in [0.717, 1.165) is 22.0 Å². The Morgan fingerprint density at radius 3 is 2.42 bits per heavy atom. The molecule has 0 aliphatic heterocycles. The summed E-state index contributed by atoms with van der Waals surface area (Å²) in [4.78, 5) is 13.3. The number of ketones is 1. The average Bonchev–Trinajstić information content (AvgIpc) is 2.59. The minimum atomic E-state index is -0.0524. The Hall–Kier alpha value is -2.20. The molecule has 2 aromatic carbocycles. The van der Waals surface area contributed by atoms with E-state index in [2.05, 4.69) is 0 Å². The van der Waals surface area contributed by atoms with Gasteiger partial charge in [0.25, 0.3) is 0 Å². The summed E-state index contributed by atoms with van der Waals surface area (Å²) in [7, 11) is 1.61. The Morgan fingerprint density at radius 2 is 1.83 bits per heavy atom. The van der Waals surface area contributed by atoms with Crippen molar-refractivity contribution in [2.45, 2.75) is 24.8 Å². The van der Waals surface area contributed by atoms with E-state index in [1.807, 2.05) is 56.5 Å². The van der Waals surface area contributed by atoms with E-state index in [-0.39, 0.29) is 11.9 Å². The summed E-state index contributed by atoms with van der Waals surface area (Å²) in [6.07, 6.45) is 5.50. The average molecular weight is 342 g/mol. The number of ether oxygens (including phenoxy) is 2. The predicted octanol–water partition coefficient (Wildman–Crippen LogP) is 5.10. The molecule has 126 valence electrons. The van der Waals surface area contributed by atoms with Gasteiger partial charge in [-0.1, -0.05) is 18.2 Å². The summed E-state index contributed by atoms with van der Waals surface area (Å²) in [5, 5.41) is 0. The highest BCUT2D eigenvalue weighted by Crippen LogP contribution is 2.28. The van der Waals surface area contributed by atoms with Crippen molar-refractivity contribution in [3.63, 3.8) is 0 Å². The van der Waals surface area contributed by atoms with Crippen molar-refractivity contribution in [1.82, 2.24) is 0 Å². The summed E-state index contributed by atoms with van der Waals surface area (Å²) in [5.74, 6) is 1.49. The highest BCUT2D eigenvalue weighted by Gasteiger charge is 2.07. The van der Waals surface area contributed by atoms with Crippen LogP contribution in [-0.4, -0.2) is 25.3 Å². The van der Waals surface area contributed by atoms with E-state index in [1.165, 1.54) is 0 Å². The van der Waals surface area contributed by atoms with Gasteiger partial charge in [-0.25, -0.2) is 0 Å². The van der Waals surface area contributed by atoms with Crippen molar-refractivity contribution in [1.29, 1.82) is 0 Å². The molecule has 0 saturated heterocycles. The van der Waals surface area contributed by atoms with Gasteiger partial charge >= 0.3 is 0 Å². The fourth-order valence-electron chi connectivity index (χ4n) is 2.19. The molecule has 0 N–H and O–H groups in total. The van der Waals surface area contributed by atoms with Crippen molar-refractivity contribution in [2.75, 3.05) is 13.4 Å². The van der Waals surface area contributed by atoms with E-state index in [4.69, 9.17) is 9.47 Å². The summed E-state index contributed by atoms with van der Waals surface area (Å²) in [5.41, 5.74) is 1.56. The molecule has 0 amide bonds. The molecule has 0 radical (unpaired) electrons. The number of allylic oxidation sites excluding steroid dienone is 1. The molecule has 0 aliphatic rings. The maximum atomic E-state index is 12.3. The van der Waals surface area contributed by atoms with Crippen LogP contribution in [0.15, 0.2) is 53.4 Å². The van der Waals surface area contributed by atoms with Crippen molar-refractivity contribution >= 4 is 23.6 Å². The Kier molecular flexibility index (Phi) is 6.50. The zero-order chi connectivity index (χ0) is 17.5. The Balaban J connectivity index is 2.10. The largest absolute Gasteiger partial charge is 0.496 e. The molecule has 0 aliphatic carbocycles. The second kappa shape index (κ2) is 8.60. The summed E-state index contributed by atoms with van der Waals surface area (Å²) in [6, 6.07) is 13.2. The van der Waals surface area contributed by atoms with Crippen molar-refractivity contribution in [3.8, 4) is 11.5 Å². The fraction of sp³-hybridized carbons (Fsp3) is 0.250.